The third-order valence-electron chi connectivity index (χ3n) is 2.27. The average Bonchev–Trinajstić information content (AvgIpc) is 2.27. The van der Waals surface area contributed by atoms with E-state index in [1.165, 1.54) is 0 Å². The van der Waals surface area contributed by atoms with Gasteiger partial charge in [-0.2, -0.15) is 0 Å². The molecule has 0 unspecified atom stereocenters. The van der Waals surface area contributed by atoms with Gasteiger partial charge in [-0.25, -0.2) is 0 Å². The summed E-state index contributed by atoms with van der Waals surface area (Å²) in [6, 6.07) is 9.63. The number of ether oxygens (including phenoxy) is 2. The molecule has 0 amide bonds. The highest BCUT2D eigenvalue weighted by Crippen LogP contribution is 2.18. The molecule has 0 aliphatic carbocycles. The molecule has 0 atom stereocenters. The van der Waals surface area contributed by atoms with E-state index in [2.05, 4.69) is 0 Å². The molecule has 0 radical (unpaired) electrons. The molecule has 0 aliphatic heterocycles. The summed E-state index contributed by atoms with van der Waals surface area (Å²) in [5.74, 6) is -0.238. The Morgan fingerprint density at radius 1 is 1.25 bits per heavy atom. The Balaban J connectivity index is 2.47. The second kappa shape index (κ2) is 5.66. The maximum absolute atomic E-state index is 11.7. The Hall–Kier alpha value is -1.35. The van der Waals surface area contributed by atoms with Crippen molar-refractivity contribution in [3.8, 4) is 0 Å². The average molecular weight is 222 g/mol. The van der Waals surface area contributed by atoms with Crippen LogP contribution in [0.3, 0.4) is 0 Å². The third-order valence-corrected chi connectivity index (χ3v) is 2.27. The van der Waals surface area contributed by atoms with Crippen LogP contribution in [-0.4, -0.2) is 19.7 Å². The van der Waals surface area contributed by atoms with Crippen LogP contribution >= 0.6 is 0 Å². The molecule has 1 aromatic carbocycles. The van der Waals surface area contributed by atoms with Gasteiger partial charge in [0.1, 0.15) is 6.61 Å². The minimum absolute atomic E-state index is 0.238. The quantitative estimate of drug-likeness (QED) is 0.718. The molecule has 0 bridgehead atoms. The van der Waals surface area contributed by atoms with Crippen LogP contribution in [-0.2, 0) is 20.9 Å². The van der Waals surface area contributed by atoms with Gasteiger partial charge < -0.3 is 9.47 Å². The molecule has 0 aromatic heterocycles. The van der Waals surface area contributed by atoms with Gasteiger partial charge in [0.05, 0.1) is 12.0 Å². The molecule has 0 N–H and O–H groups in total. The van der Waals surface area contributed by atoms with Crippen LogP contribution in [0.1, 0.15) is 19.4 Å². The van der Waals surface area contributed by atoms with Gasteiger partial charge in [-0.1, -0.05) is 30.3 Å². The van der Waals surface area contributed by atoms with Crippen LogP contribution in [0, 0.1) is 5.41 Å². The van der Waals surface area contributed by atoms with Gasteiger partial charge in [-0.3, -0.25) is 4.79 Å². The van der Waals surface area contributed by atoms with Gasteiger partial charge >= 0.3 is 5.97 Å². The topological polar surface area (TPSA) is 35.5 Å². The fourth-order valence-corrected chi connectivity index (χ4v) is 1.34. The van der Waals surface area contributed by atoms with Crippen LogP contribution < -0.4 is 0 Å². The van der Waals surface area contributed by atoms with Crippen LogP contribution in [0.4, 0.5) is 0 Å². The number of esters is 1. The summed E-state index contributed by atoms with van der Waals surface area (Å²) in [4.78, 5) is 11.7. The Bertz CT molecular complexity index is 330. The van der Waals surface area contributed by atoms with Crippen LogP contribution in [0.15, 0.2) is 30.3 Å². The van der Waals surface area contributed by atoms with Crippen molar-refractivity contribution in [3.05, 3.63) is 35.9 Å². The Morgan fingerprint density at radius 2 is 1.88 bits per heavy atom. The van der Waals surface area contributed by atoms with Crippen LogP contribution in [0.25, 0.3) is 0 Å². The Labute approximate surface area is 96.4 Å². The number of methoxy groups -OCH3 is 1. The summed E-state index contributed by atoms with van der Waals surface area (Å²) < 4.78 is 10.2. The van der Waals surface area contributed by atoms with Crippen LogP contribution in [0.2, 0.25) is 0 Å². The largest absolute Gasteiger partial charge is 0.460 e. The van der Waals surface area contributed by atoms with E-state index in [0.717, 1.165) is 5.56 Å². The summed E-state index contributed by atoms with van der Waals surface area (Å²) in [5.41, 5.74) is 0.396. The van der Waals surface area contributed by atoms with Gasteiger partial charge in [0, 0.05) is 7.11 Å². The zero-order valence-electron chi connectivity index (χ0n) is 10.0. The van der Waals surface area contributed by atoms with E-state index in [1.54, 1.807) is 7.11 Å². The van der Waals surface area contributed by atoms with E-state index in [1.807, 2.05) is 44.2 Å². The van der Waals surface area contributed by atoms with E-state index >= 15 is 0 Å². The van der Waals surface area contributed by atoms with E-state index < -0.39 is 5.41 Å². The highest BCUT2D eigenvalue weighted by atomic mass is 16.5. The maximum atomic E-state index is 11.7. The number of hydrogen-bond donors (Lipinski definition) is 0. The smallest absolute Gasteiger partial charge is 0.314 e. The normalized spacial score (nSPS) is 11.2. The second-order valence-corrected chi connectivity index (χ2v) is 4.38. The standard InChI is InChI=1S/C13H18O3/c1-13(2,10-15-3)12(14)16-9-11-7-5-4-6-8-11/h4-8H,9-10H2,1-3H3. The highest BCUT2D eigenvalue weighted by molar-refractivity contribution is 5.76. The second-order valence-electron chi connectivity index (χ2n) is 4.38. The molecule has 0 fully saturated rings. The summed E-state index contributed by atoms with van der Waals surface area (Å²) >= 11 is 0. The molecule has 0 aliphatic rings. The monoisotopic (exact) mass is 222 g/mol. The molecule has 3 nitrogen and oxygen atoms in total. The molecular weight excluding hydrogens is 204 g/mol. The predicted octanol–water partition coefficient (Wildman–Crippen LogP) is 2.40. The van der Waals surface area contributed by atoms with Crippen molar-refractivity contribution in [1.82, 2.24) is 0 Å². The lowest BCUT2D eigenvalue weighted by Gasteiger charge is -2.21. The Kier molecular flexibility index (Phi) is 4.50. The lowest BCUT2D eigenvalue weighted by atomic mass is 9.95. The molecule has 0 heterocycles. The molecular formula is C13H18O3. The van der Waals surface area contributed by atoms with Crippen molar-refractivity contribution in [2.24, 2.45) is 5.41 Å². The molecule has 1 aromatic rings. The predicted molar refractivity (Wildman–Crippen MR) is 61.9 cm³/mol. The van der Waals surface area contributed by atoms with Crippen molar-refractivity contribution in [2.45, 2.75) is 20.5 Å². The number of hydrogen-bond acceptors (Lipinski definition) is 3. The van der Waals surface area contributed by atoms with Gasteiger partial charge in [-0.05, 0) is 19.4 Å². The summed E-state index contributed by atoms with van der Waals surface area (Å²) in [6.45, 7) is 4.29. The van der Waals surface area contributed by atoms with E-state index in [4.69, 9.17) is 9.47 Å². The zero-order chi connectivity index (χ0) is 12.0. The van der Waals surface area contributed by atoms with Crippen molar-refractivity contribution < 1.29 is 14.3 Å². The fourth-order valence-electron chi connectivity index (χ4n) is 1.34. The minimum atomic E-state index is -0.594. The van der Waals surface area contributed by atoms with Crippen molar-refractivity contribution in [1.29, 1.82) is 0 Å². The van der Waals surface area contributed by atoms with E-state index in [9.17, 15) is 4.79 Å². The first kappa shape index (κ1) is 12.7. The third kappa shape index (κ3) is 3.66. The first-order valence-electron chi connectivity index (χ1n) is 5.26. The van der Waals surface area contributed by atoms with Gasteiger partial charge in [0.25, 0.3) is 0 Å². The van der Waals surface area contributed by atoms with Gasteiger partial charge in [0.15, 0.2) is 0 Å². The summed E-state index contributed by atoms with van der Waals surface area (Å²) in [6.07, 6.45) is 0. The molecule has 16 heavy (non-hydrogen) atoms. The number of rotatable bonds is 5. The minimum Gasteiger partial charge on any atom is -0.460 e. The lowest BCUT2D eigenvalue weighted by molar-refractivity contribution is -0.158. The lowest BCUT2D eigenvalue weighted by Crippen LogP contribution is -2.31. The molecule has 0 spiro atoms. The Morgan fingerprint density at radius 3 is 2.44 bits per heavy atom. The first-order chi connectivity index (χ1) is 7.56. The van der Waals surface area contributed by atoms with E-state index in [-0.39, 0.29) is 5.97 Å². The molecule has 0 saturated carbocycles. The number of carbonyl (C=O) groups is 1. The molecule has 1 rings (SSSR count). The van der Waals surface area contributed by atoms with E-state index in [0.29, 0.717) is 13.2 Å². The van der Waals surface area contributed by atoms with Crippen LogP contribution in [0.5, 0.6) is 0 Å². The van der Waals surface area contributed by atoms with Crippen molar-refractivity contribution in [2.75, 3.05) is 13.7 Å². The SMILES string of the molecule is COCC(C)(C)C(=O)OCc1ccccc1. The maximum Gasteiger partial charge on any atom is 0.314 e. The number of benzene rings is 1. The zero-order valence-corrected chi connectivity index (χ0v) is 10.0. The molecule has 88 valence electrons. The van der Waals surface area contributed by atoms with Crippen molar-refractivity contribution >= 4 is 5.97 Å². The molecule has 0 saturated heterocycles. The van der Waals surface area contributed by atoms with Gasteiger partial charge in [0.2, 0.25) is 0 Å². The summed E-state index contributed by atoms with van der Waals surface area (Å²) in [7, 11) is 1.58. The van der Waals surface area contributed by atoms with Crippen molar-refractivity contribution in [3.63, 3.8) is 0 Å². The fraction of sp³-hybridized carbons (Fsp3) is 0.462. The van der Waals surface area contributed by atoms with Gasteiger partial charge in [-0.15, -0.1) is 0 Å². The summed E-state index contributed by atoms with van der Waals surface area (Å²) in [5, 5.41) is 0. The first-order valence-corrected chi connectivity index (χ1v) is 5.26. The highest BCUT2D eigenvalue weighted by Gasteiger charge is 2.29. The number of carbonyl (C=O) groups excluding carboxylic acids is 1. The molecule has 3 heteroatoms.